The average molecular weight is 690 g/mol. The van der Waals surface area contributed by atoms with Crippen LogP contribution in [0, 0.1) is 0 Å². The fraction of sp³-hybridized carbons (Fsp3) is 0.541. The van der Waals surface area contributed by atoms with Crippen LogP contribution in [0.15, 0.2) is 65.9 Å². The number of carbonyl (C=O) groups excluding carboxylic acids is 3. The van der Waals surface area contributed by atoms with Gasteiger partial charge in [0, 0.05) is 44.9 Å². The SMILES string of the molecule is C=CC1=C(\C=C/C)CN(C(=O)CCCCOCCOCCOCCOCCC)c2ccccc2/C(N(C)C)=C\1N.CCC.NC=O.NC=O. The molecule has 1 aromatic rings. The minimum absolute atomic E-state index is 0.0693. The summed E-state index contributed by atoms with van der Waals surface area (Å²) < 4.78 is 22.0. The molecule has 3 amide bonds. The largest absolute Gasteiger partial charge is 0.397 e. The first-order valence-corrected chi connectivity index (χ1v) is 16.9. The van der Waals surface area contributed by atoms with Gasteiger partial charge >= 0.3 is 0 Å². The molecule has 1 aromatic carbocycles. The van der Waals surface area contributed by atoms with E-state index in [2.05, 4.69) is 38.8 Å². The van der Waals surface area contributed by atoms with Gasteiger partial charge in [-0.1, -0.05) is 70.2 Å². The molecule has 0 aromatic heterocycles. The Hall–Kier alpha value is -3.97. The lowest BCUT2D eigenvalue weighted by Gasteiger charge is -2.32. The first kappa shape index (κ1) is 47.1. The Bertz CT molecular complexity index is 1130. The normalized spacial score (nSPS) is 15.2. The van der Waals surface area contributed by atoms with E-state index >= 15 is 0 Å². The number of nitrogens with zero attached hydrogens (tertiary/aromatic N) is 2. The molecule has 0 saturated heterocycles. The van der Waals surface area contributed by atoms with Crippen molar-refractivity contribution in [1.82, 2.24) is 4.90 Å². The maximum atomic E-state index is 13.6. The third-order valence-electron chi connectivity index (χ3n) is 6.38. The number of hydrogen-bond acceptors (Lipinski definition) is 9. The standard InChI is InChI=1S/C32H49N3O5.C3H8.2CH3NO/c1-6-13-26-25-35(29-15-10-9-14-28(29)32(34(4)5)31(33)27(26)8-3)30(36)16-11-12-18-38-20-22-40-24-23-39-21-19-37-17-7-2;1-3-2;2*2-1-3/h6,8-10,13-15H,3,7,11-12,16-25,33H2,1-2,4-5H3;3H2,1-2H3;2*1H,(H2,2,3)/b13-6-,27-26-,32-31-;;;. The van der Waals surface area contributed by atoms with Gasteiger partial charge in [0.15, 0.2) is 0 Å². The number of amides is 3. The number of benzene rings is 1. The number of para-hydroxylation sites is 1. The number of nitrogens with two attached hydrogens (primary N) is 3. The predicted molar refractivity (Wildman–Crippen MR) is 200 cm³/mol. The molecule has 0 radical (unpaired) electrons. The van der Waals surface area contributed by atoms with Crippen LogP contribution in [-0.4, -0.2) is 97.1 Å². The molecule has 278 valence electrons. The maximum absolute atomic E-state index is 13.6. The smallest absolute Gasteiger partial charge is 0.227 e. The van der Waals surface area contributed by atoms with E-state index in [0.29, 0.717) is 64.9 Å². The van der Waals surface area contributed by atoms with Crippen LogP contribution >= 0.6 is 0 Å². The molecule has 12 nitrogen and oxygen atoms in total. The number of allylic oxidation sites excluding steroid dienone is 2. The average Bonchev–Trinajstić information content (AvgIpc) is 3.06. The van der Waals surface area contributed by atoms with Crippen molar-refractivity contribution >= 4 is 30.1 Å². The van der Waals surface area contributed by atoms with Crippen molar-refractivity contribution in [3.63, 3.8) is 0 Å². The molecule has 49 heavy (non-hydrogen) atoms. The van der Waals surface area contributed by atoms with Crippen LogP contribution in [0.4, 0.5) is 5.69 Å². The number of carbonyl (C=O) groups is 3. The Balaban J connectivity index is 0. The Kier molecular flexibility index (Phi) is 31.3. The number of fused-ring (bicyclic) bond motifs is 1. The van der Waals surface area contributed by atoms with E-state index in [1.54, 1.807) is 6.08 Å². The van der Waals surface area contributed by atoms with Crippen molar-refractivity contribution in [2.24, 2.45) is 17.2 Å². The van der Waals surface area contributed by atoms with Crippen LogP contribution in [0.2, 0.25) is 0 Å². The minimum Gasteiger partial charge on any atom is -0.397 e. The van der Waals surface area contributed by atoms with Gasteiger partial charge in [-0.2, -0.15) is 0 Å². The zero-order valence-corrected chi connectivity index (χ0v) is 30.8. The molecule has 1 heterocycles. The summed E-state index contributed by atoms with van der Waals surface area (Å²) in [5.41, 5.74) is 20.1. The van der Waals surface area contributed by atoms with Crippen LogP contribution in [0.5, 0.6) is 0 Å². The number of rotatable bonds is 19. The Morgan fingerprint density at radius 1 is 0.878 bits per heavy atom. The second-order valence-corrected chi connectivity index (χ2v) is 10.7. The number of ether oxygens (including phenoxy) is 4. The summed E-state index contributed by atoms with van der Waals surface area (Å²) in [7, 11) is 3.93. The van der Waals surface area contributed by atoms with E-state index in [0.717, 1.165) is 54.0 Å². The molecule has 1 aliphatic rings. The van der Waals surface area contributed by atoms with Crippen molar-refractivity contribution in [3.05, 3.63) is 71.5 Å². The number of hydrogen-bond donors (Lipinski definition) is 3. The first-order valence-electron chi connectivity index (χ1n) is 16.9. The van der Waals surface area contributed by atoms with Gasteiger partial charge in [-0.05, 0) is 37.8 Å². The zero-order valence-electron chi connectivity index (χ0n) is 30.8. The van der Waals surface area contributed by atoms with Gasteiger partial charge in [-0.25, -0.2) is 0 Å². The number of anilines is 1. The second-order valence-electron chi connectivity index (χ2n) is 10.7. The molecular formula is C37H63N5O7. The quantitative estimate of drug-likeness (QED) is 0.139. The lowest BCUT2D eigenvalue weighted by atomic mass is 9.95. The fourth-order valence-electron chi connectivity index (χ4n) is 4.51. The van der Waals surface area contributed by atoms with Crippen LogP contribution in [0.25, 0.3) is 5.70 Å². The van der Waals surface area contributed by atoms with Crippen molar-refractivity contribution in [2.75, 3.05) is 78.4 Å². The number of primary amides is 2. The number of unbranched alkanes of at least 4 members (excludes halogenated alkanes) is 1. The zero-order chi connectivity index (χ0) is 37.3. The highest BCUT2D eigenvalue weighted by atomic mass is 16.6. The highest BCUT2D eigenvalue weighted by Crippen LogP contribution is 2.36. The van der Waals surface area contributed by atoms with Crippen LogP contribution in [-0.2, 0) is 33.3 Å². The van der Waals surface area contributed by atoms with Gasteiger partial charge < -0.3 is 45.9 Å². The lowest BCUT2D eigenvalue weighted by Crippen LogP contribution is -2.35. The Morgan fingerprint density at radius 2 is 1.37 bits per heavy atom. The first-order chi connectivity index (χ1) is 23.7. The van der Waals surface area contributed by atoms with Gasteiger partial charge in [0.05, 0.1) is 63.3 Å². The Labute approximate surface area is 294 Å². The van der Waals surface area contributed by atoms with E-state index < -0.39 is 0 Å². The molecule has 2 rings (SSSR count). The van der Waals surface area contributed by atoms with E-state index in [1.165, 1.54) is 6.42 Å². The maximum Gasteiger partial charge on any atom is 0.227 e. The molecule has 0 aliphatic carbocycles. The van der Waals surface area contributed by atoms with Crippen molar-refractivity contribution in [3.8, 4) is 0 Å². The topological polar surface area (TPSA) is 173 Å². The van der Waals surface area contributed by atoms with Gasteiger partial charge in [-0.15, -0.1) is 0 Å². The monoisotopic (exact) mass is 689 g/mol. The van der Waals surface area contributed by atoms with E-state index in [-0.39, 0.29) is 18.7 Å². The van der Waals surface area contributed by atoms with Crippen LogP contribution in [0.1, 0.15) is 65.4 Å². The summed E-state index contributed by atoms with van der Waals surface area (Å²) in [5, 5.41) is 0. The van der Waals surface area contributed by atoms with Crippen molar-refractivity contribution in [1.29, 1.82) is 0 Å². The molecule has 0 atom stereocenters. The molecule has 0 bridgehead atoms. The minimum atomic E-state index is 0.0693. The predicted octanol–water partition coefficient (Wildman–Crippen LogP) is 4.55. The molecule has 0 fully saturated rings. The van der Waals surface area contributed by atoms with Crippen LogP contribution < -0.4 is 22.1 Å². The van der Waals surface area contributed by atoms with E-state index in [4.69, 9.17) is 34.3 Å². The molecule has 0 unspecified atom stereocenters. The Morgan fingerprint density at radius 3 is 1.84 bits per heavy atom. The molecule has 12 heteroatoms. The van der Waals surface area contributed by atoms with Gasteiger partial charge in [0.25, 0.3) is 0 Å². The summed E-state index contributed by atoms with van der Waals surface area (Å²) in [6.45, 7) is 17.4. The third kappa shape index (κ3) is 20.9. The molecule has 6 N–H and O–H groups in total. The summed E-state index contributed by atoms with van der Waals surface area (Å²) >= 11 is 0. The van der Waals surface area contributed by atoms with E-state index in [9.17, 15) is 4.79 Å². The summed E-state index contributed by atoms with van der Waals surface area (Å²) in [5.74, 6) is 0.0693. The molecule has 1 aliphatic heterocycles. The molecular weight excluding hydrogens is 626 g/mol. The summed E-state index contributed by atoms with van der Waals surface area (Å²) in [6, 6.07) is 7.94. The second kappa shape index (κ2) is 32.6. The van der Waals surface area contributed by atoms with Gasteiger partial charge in [-0.3, -0.25) is 14.4 Å². The molecule has 0 saturated carbocycles. The fourth-order valence-corrected chi connectivity index (χ4v) is 4.51. The highest BCUT2D eigenvalue weighted by Gasteiger charge is 2.26. The van der Waals surface area contributed by atoms with Crippen molar-refractivity contribution < 1.29 is 33.3 Å². The summed E-state index contributed by atoms with van der Waals surface area (Å²) in [4.78, 5) is 34.6. The lowest BCUT2D eigenvalue weighted by molar-refractivity contribution is -0.118. The van der Waals surface area contributed by atoms with Crippen LogP contribution in [0.3, 0.4) is 0 Å². The van der Waals surface area contributed by atoms with Gasteiger partial charge in [0.2, 0.25) is 18.7 Å². The van der Waals surface area contributed by atoms with Gasteiger partial charge in [0.1, 0.15) is 0 Å². The molecule has 0 spiro atoms. The summed E-state index contributed by atoms with van der Waals surface area (Å²) in [6.07, 6.45) is 10.5. The highest BCUT2D eigenvalue weighted by molar-refractivity contribution is 5.98. The van der Waals surface area contributed by atoms with E-state index in [1.807, 2.05) is 67.2 Å². The van der Waals surface area contributed by atoms with Crippen molar-refractivity contribution in [2.45, 2.75) is 59.8 Å². The third-order valence-corrected chi connectivity index (χ3v) is 6.38.